The molecule has 0 radical (unpaired) electrons. The Hall–Kier alpha value is -1.16. The van der Waals surface area contributed by atoms with Crippen molar-refractivity contribution in [3.05, 3.63) is 24.9 Å². The monoisotopic (exact) mass is 214 g/mol. The molecular formula is C11H18O4. The Bertz CT molecular complexity index is 225. The molecule has 0 atom stereocenters. The zero-order valence-electron chi connectivity index (χ0n) is 9.32. The maximum Gasteiger partial charge on any atom is 0.271 e. The lowest BCUT2D eigenvalue weighted by molar-refractivity contribution is -0.139. The van der Waals surface area contributed by atoms with Crippen molar-refractivity contribution in [2.75, 3.05) is 33.5 Å². The van der Waals surface area contributed by atoms with Crippen LogP contribution in [0.1, 0.15) is 6.92 Å². The Labute approximate surface area is 90.5 Å². The Balaban J connectivity index is 2.50. The summed E-state index contributed by atoms with van der Waals surface area (Å²) in [6.45, 7) is 7.57. The molecule has 1 rings (SSSR count). The summed E-state index contributed by atoms with van der Waals surface area (Å²) in [5.41, 5.74) is -0.241. The molecule has 0 aromatic rings. The third kappa shape index (κ3) is 3.47. The number of rotatable bonds is 5. The largest absolute Gasteiger partial charge is 0.501 e. The van der Waals surface area contributed by atoms with Crippen molar-refractivity contribution >= 4 is 0 Å². The summed E-state index contributed by atoms with van der Waals surface area (Å²) in [5.74, 6) is 0.368. The lowest BCUT2D eigenvalue weighted by Crippen LogP contribution is -2.43. The predicted molar refractivity (Wildman–Crippen MR) is 56.1 cm³/mol. The van der Waals surface area contributed by atoms with E-state index in [2.05, 4.69) is 6.58 Å². The van der Waals surface area contributed by atoms with Crippen LogP contribution in [-0.2, 0) is 18.9 Å². The van der Waals surface area contributed by atoms with Gasteiger partial charge in [0.1, 0.15) is 19.8 Å². The van der Waals surface area contributed by atoms with Crippen molar-refractivity contribution < 1.29 is 18.9 Å². The van der Waals surface area contributed by atoms with E-state index in [-0.39, 0.29) is 5.41 Å². The first-order valence-electron chi connectivity index (χ1n) is 4.89. The number of hydrogen-bond acceptors (Lipinski definition) is 4. The second-order valence-electron chi connectivity index (χ2n) is 3.66. The molecule has 15 heavy (non-hydrogen) atoms. The first kappa shape index (κ1) is 11.9. The van der Waals surface area contributed by atoms with Crippen LogP contribution in [-0.4, -0.2) is 33.5 Å². The Kier molecular flexibility index (Phi) is 4.49. The fourth-order valence-electron chi connectivity index (χ4n) is 1.39. The van der Waals surface area contributed by atoms with E-state index in [1.54, 1.807) is 13.4 Å². The first-order valence-corrected chi connectivity index (χ1v) is 4.89. The normalized spacial score (nSPS) is 19.7. The molecule has 1 saturated heterocycles. The molecule has 86 valence electrons. The quantitative estimate of drug-likeness (QED) is 0.652. The second-order valence-corrected chi connectivity index (χ2v) is 3.66. The van der Waals surface area contributed by atoms with Crippen LogP contribution in [0.5, 0.6) is 0 Å². The third-order valence-electron chi connectivity index (χ3n) is 2.15. The fraction of sp³-hybridized carbons (Fsp3) is 0.636. The van der Waals surface area contributed by atoms with E-state index in [1.807, 2.05) is 13.0 Å². The van der Waals surface area contributed by atoms with Gasteiger partial charge in [0.15, 0.2) is 0 Å². The van der Waals surface area contributed by atoms with Gasteiger partial charge in [-0.1, -0.05) is 6.08 Å². The summed E-state index contributed by atoms with van der Waals surface area (Å²) < 4.78 is 21.1. The summed E-state index contributed by atoms with van der Waals surface area (Å²) in [6.07, 6.45) is 3.49. The van der Waals surface area contributed by atoms with Gasteiger partial charge in [-0.15, -0.1) is 0 Å². The molecule has 4 heteroatoms. The summed E-state index contributed by atoms with van der Waals surface area (Å²) in [4.78, 5) is 0. The highest BCUT2D eigenvalue weighted by Crippen LogP contribution is 2.26. The van der Waals surface area contributed by atoms with E-state index < -0.39 is 0 Å². The van der Waals surface area contributed by atoms with E-state index in [0.717, 1.165) is 0 Å². The molecular weight excluding hydrogens is 196 g/mol. The second kappa shape index (κ2) is 5.66. The molecule has 0 N–H and O–H groups in total. The maximum absolute atomic E-state index is 5.36. The van der Waals surface area contributed by atoms with Gasteiger partial charge in [-0.3, -0.25) is 0 Å². The third-order valence-corrected chi connectivity index (χ3v) is 2.15. The van der Waals surface area contributed by atoms with E-state index in [0.29, 0.717) is 32.4 Å². The summed E-state index contributed by atoms with van der Waals surface area (Å²) in [7, 11) is 1.65. The van der Waals surface area contributed by atoms with E-state index in [1.165, 1.54) is 0 Å². The van der Waals surface area contributed by atoms with Crippen LogP contribution in [0.15, 0.2) is 24.9 Å². The molecule has 0 amide bonds. The Morgan fingerprint density at radius 2 is 2.07 bits per heavy atom. The van der Waals surface area contributed by atoms with Crippen molar-refractivity contribution in [2.24, 2.45) is 5.41 Å². The van der Waals surface area contributed by atoms with Crippen LogP contribution < -0.4 is 0 Å². The average Bonchev–Trinajstić information content (AvgIpc) is 2.23. The minimum Gasteiger partial charge on any atom is -0.501 e. The molecule has 1 aliphatic rings. The topological polar surface area (TPSA) is 36.9 Å². The van der Waals surface area contributed by atoms with E-state index in [4.69, 9.17) is 18.9 Å². The van der Waals surface area contributed by atoms with E-state index in [9.17, 15) is 0 Å². The highest BCUT2D eigenvalue weighted by molar-refractivity contribution is 4.87. The van der Waals surface area contributed by atoms with Gasteiger partial charge in [-0.2, -0.15) is 0 Å². The molecule has 0 spiro atoms. The molecule has 0 aliphatic carbocycles. The Morgan fingerprint density at radius 1 is 1.40 bits per heavy atom. The molecule has 0 bridgehead atoms. The van der Waals surface area contributed by atoms with Gasteiger partial charge in [0.05, 0.1) is 18.3 Å². The van der Waals surface area contributed by atoms with Crippen LogP contribution in [0.25, 0.3) is 0 Å². The van der Waals surface area contributed by atoms with Crippen molar-refractivity contribution in [1.29, 1.82) is 0 Å². The molecule has 1 heterocycles. The SMILES string of the molecule is C=C1OCC(COC)(CO/C=C\C)CO1. The zero-order chi connectivity index (χ0) is 11.1. The molecule has 1 aliphatic heterocycles. The van der Waals surface area contributed by atoms with Gasteiger partial charge in [0.2, 0.25) is 0 Å². The van der Waals surface area contributed by atoms with Crippen LogP contribution >= 0.6 is 0 Å². The summed E-state index contributed by atoms with van der Waals surface area (Å²) in [5, 5.41) is 0. The molecule has 4 nitrogen and oxygen atoms in total. The smallest absolute Gasteiger partial charge is 0.271 e. The van der Waals surface area contributed by atoms with Gasteiger partial charge < -0.3 is 18.9 Å². The number of ether oxygens (including phenoxy) is 4. The fourth-order valence-corrected chi connectivity index (χ4v) is 1.39. The number of allylic oxidation sites excluding steroid dienone is 1. The summed E-state index contributed by atoms with van der Waals surface area (Å²) in [6, 6.07) is 0. The molecule has 0 aromatic carbocycles. The Morgan fingerprint density at radius 3 is 2.60 bits per heavy atom. The van der Waals surface area contributed by atoms with Gasteiger partial charge in [-0.25, -0.2) is 0 Å². The van der Waals surface area contributed by atoms with Crippen molar-refractivity contribution in [2.45, 2.75) is 6.92 Å². The zero-order valence-corrected chi connectivity index (χ0v) is 9.32. The van der Waals surface area contributed by atoms with Crippen molar-refractivity contribution in [3.8, 4) is 0 Å². The van der Waals surface area contributed by atoms with Crippen LogP contribution in [0.4, 0.5) is 0 Å². The lowest BCUT2D eigenvalue weighted by atomic mass is 9.92. The lowest BCUT2D eigenvalue weighted by Gasteiger charge is -2.36. The maximum atomic E-state index is 5.36. The van der Waals surface area contributed by atoms with Crippen molar-refractivity contribution in [3.63, 3.8) is 0 Å². The molecule has 0 saturated carbocycles. The first-order chi connectivity index (χ1) is 7.22. The highest BCUT2D eigenvalue weighted by Gasteiger charge is 2.37. The number of methoxy groups -OCH3 is 1. The van der Waals surface area contributed by atoms with Crippen LogP contribution in [0.2, 0.25) is 0 Å². The van der Waals surface area contributed by atoms with Crippen LogP contribution in [0, 0.1) is 5.41 Å². The van der Waals surface area contributed by atoms with Gasteiger partial charge in [0.25, 0.3) is 5.95 Å². The highest BCUT2D eigenvalue weighted by atomic mass is 16.7. The molecule has 0 aromatic heterocycles. The number of hydrogen-bond donors (Lipinski definition) is 0. The minimum atomic E-state index is -0.241. The standard InChI is InChI=1S/C11H18O4/c1-4-5-13-7-11(6-12-3)8-14-10(2)15-9-11/h4-5H,2,6-9H2,1,3H3/b5-4-. The van der Waals surface area contributed by atoms with Crippen LogP contribution in [0.3, 0.4) is 0 Å². The minimum absolute atomic E-state index is 0.241. The van der Waals surface area contributed by atoms with Gasteiger partial charge in [-0.05, 0) is 13.5 Å². The van der Waals surface area contributed by atoms with Gasteiger partial charge >= 0.3 is 0 Å². The molecule has 0 unspecified atom stereocenters. The molecule has 1 fully saturated rings. The van der Waals surface area contributed by atoms with Gasteiger partial charge in [0, 0.05) is 7.11 Å². The van der Waals surface area contributed by atoms with E-state index >= 15 is 0 Å². The predicted octanol–water partition coefficient (Wildman–Crippen LogP) is 1.69. The van der Waals surface area contributed by atoms with Crippen molar-refractivity contribution in [1.82, 2.24) is 0 Å². The average molecular weight is 214 g/mol. The summed E-state index contributed by atoms with van der Waals surface area (Å²) >= 11 is 0.